The number of hydrogen-bond acceptors (Lipinski definition) is 4. The lowest BCUT2D eigenvalue weighted by Crippen LogP contribution is -2.17. The van der Waals surface area contributed by atoms with Crippen LogP contribution in [-0.4, -0.2) is 31.8 Å². The molecule has 0 aromatic heterocycles. The van der Waals surface area contributed by atoms with E-state index in [4.69, 9.17) is 15.2 Å². The molecule has 3 N–H and O–H groups in total. The van der Waals surface area contributed by atoms with Gasteiger partial charge in [-0.3, -0.25) is 4.79 Å². The molecule has 1 aromatic carbocycles. The topological polar surface area (TPSA) is 73.6 Å². The Morgan fingerprint density at radius 2 is 2.21 bits per heavy atom. The molecular weight excluding hydrogens is 244 g/mol. The van der Waals surface area contributed by atoms with Gasteiger partial charge >= 0.3 is 0 Å². The molecule has 1 aliphatic heterocycles. The van der Waals surface area contributed by atoms with Crippen LogP contribution in [0.1, 0.15) is 19.3 Å². The van der Waals surface area contributed by atoms with Crippen molar-refractivity contribution in [3.63, 3.8) is 0 Å². The van der Waals surface area contributed by atoms with Gasteiger partial charge in [0.1, 0.15) is 12.4 Å². The van der Waals surface area contributed by atoms with E-state index in [2.05, 4.69) is 5.32 Å². The Bertz CT molecular complexity index is 400. The van der Waals surface area contributed by atoms with Gasteiger partial charge in [0.15, 0.2) is 0 Å². The summed E-state index contributed by atoms with van der Waals surface area (Å²) in [5, 5.41) is 2.77. The van der Waals surface area contributed by atoms with Crippen molar-refractivity contribution in [1.82, 2.24) is 0 Å². The van der Waals surface area contributed by atoms with E-state index in [0.717, 1.165) is 30.9 Å². The molecule has 1 saturated heterocycles. The summed E-state index contributed by atoms with van der Waals surface area (Å²) in [6.07, 6.45) is 2.72. The van der Waals surface area contributed by atoms with Gasteiger partial charge in [-0.2, -0.15) is 0 Å². The van der Waals surface area contributed by atoms with E-state index in [9.17, 15) is 4.79 Å². The second-order valence-corrected chi connectivity index (χ2v) is 4.56. The Hall–Kier alpha value is -1.59. The third-order valence-corrected chi connectivity index (χ3v) is 2.97. The van der Waals surface area contributed by atoms with Gasteiger partial charge in [0.25, 0.3) is 0 Å². The number of anilines is 1. The normalized spacial score (nSPS) is 18.3. The fraction of sp³-hybridized carbons (Fsp3) is 0.500. The quantitative estimate of drug-likeness (QED) is 0.817. The second kappa shape index (κ2) is 7.11. The van der Waals surface area contributed by atoms with Crippen molar-refractivity contribution >= 4 is 11.6 Å². The van der Waals surface area contributed by atoms with E-state index in [1.165, 1.54) is 0 Å². The lowest BCUT2D eigenvalue weighted by molar-refractivity contribution is -0.116. The van der Waals surface area contributed by atoms with E-state index >= 15 is 0 Å². The predicted molar refractivity (Wildman–Crippen MR) is 73.2 cm³/mol. The summed E-state index contributed by atoms with van der Waals surface area (Å²) >= 11 is 0. The highest BCUT2D eigenvalue weighted by molar-refractivity contribution is 5.90. The number of nitrogens with two attached hydrogens (primary N) is 1. The van der Waals surface area contributed by atoms with Gasteiger partial charge in [0.2, 0.25) is 5.91 Å². The minimum Gasteiger partial charge on any atom is -0.491 e. The molecule has 0 saturated carbocycles. The smallest absolute Gasteiger partial charge is 0.225 e. The number of ether oxygens (including phenoxy) is 2. The van der Waals surface area contributed by atoms with Crippen LogP contribution >= 0.6 is 0 Å². The number of amides is 1. The Balaban J connectivity index is 1.78. The maximum absolute atomic E-state index is 11.4. The van der Waals surface area contributed by atoms with Gasteiger partial charge in [0, 0.05) is 25.3 Å². The number of carbonyl (C=O) groups is 1. The average molecular weight is 264 g/mol. The Kier molecular flexibility index (Phi) is 5.18. The molecule has 0 bridgehead atoms. The van der Waals surface area contributed by atoms with Gasteiger partial charge in [-0.25, -0.2) is 0 Å². The van der Waals surface area contributed by atoms with Gasteiger partial charge in [0.05, 0.1) is 6.10 Å². The molecule has 1 fully saturated rings. The zero-order valence-electron chi connectivity index (χ0n) is 10.9. The lowest BCUT2D eigenvalue weighted by Gasteiger charge is -2.12. The zero-order valence-corrected chi connectivity index (χ0v) is 10.9. The van der Waals surface area contributed by atoms with Crippen molar-refractivity contribution < 1.29 is 14.3 Å². The third kappa shape index (κ3) is 4.54. The molecule has 1 amide bonds. The number of hydrogen-bond donors (Lipinski definition) is 2. The van der Waals surface area contributed by atoms with Gasteiger partial charge in [-0.1, -0.05) is 0 Å². The van der Waals surface area contributed by atoms with Gasteiger partial charge in [-0.05, 0) is 37.1 Å². The van der Waals surface area contributed by atoms with Crippen LogP contribution in [0.2, 0.25) is 0 Å². The van der Waals surface area contributed by atoms with E-state index in [-0.39, 0.29) is 12.0 Å². The first-order chi connectivity index (χ1) is 9.28. The number of benzene rings is 1. The number of carbonyl (C=O) groups excluding carboxylic acids is 1. The van der Waals surface area contributed by atoms with Crippen molar-refractivity contribution in [2.75, 3.05) is 25.1 Å². The zero-order chi connectivity index (χ0) is 13.5. The summed E-state index contributed by atoms with van der Waals surface area (Å²) in [4.78, 5) is 11.4. The molecule has 2 rings (SSSR count). The van der Waals surface area contributed by atoms with Gasteiger partial charge < -0.3 is 20.5 Å². The molecule has 1 heterocycles. The molecule has 1 aliphatic rings. The molecule has 1 aromatic rings. The van der Waals surface area contributed by atoms with Crippen LogP contribution in [0.5, 0.6) is 5.75 Å². The van der Waals surface area contributed by atoms with Crippen molar-refractivity contribution in [3.05, 3.63) is 24.3 Å². The highest BCUT2D eigenvalue weighted by Gasteiger charge is 2.15. The van der Waals surface area contributed by atoms with Crippen LogP contribution in [0.25, 0.3) is 0 Å². The highest BCUT2D eigenvalue weighted by Crippen LogP contribution is 2.18. The van der Waals surface area contributed by atoms with Crippen LogP contribution < -0.4 is 15.8 Å². The van der Waals surface area contributed by atoms with Crippen LogP contribution in [0.3, 0.4) is 0 Å². The molecular formula is C14H20N2O3. The molecule has 0 spiro atoms. The molecule has 1 atom stereocenters. The monoisotopic (exact) mass is 264 g/mol. The Labute approximate surface area is 113 Å². The fourth-order valence-corrected chi connectivity index (χ4v) is 1.95. The van der Waals surface area contributed by atoms with E-state index < -0.39 is 0 Å². The Morgan fingerprint density at radius 3 is 2.84 bits per heavy atom. The Morgan fingerprint density at radius 1 is 1.42 bits per heavy atom. The van der Waals surface area contributed by atoms with Gasteiger partial charge in [-0.15, -0.1) is 0 Å². The van der Waals surface area contributed by atoms with Crippen LogP contribution in [0, 0.1) is 0 Å². The average Bonchev–Trinajstić information content (AvgIpc) is 2.91. The number of rotatable bonds is 6. The fourth-order valence-electron chi connectivity index (χ4n) is 1.95. The highest BCUT2D eigenvalue weighted by atomic mass is 16.5. The van der Waals surface area contributed by atoms with Crippen LogP contribution in [0.15, 0.2) is 24.3 Å². The molecule has 0 aliphatic carbocycles. The largest absolute Gasteiger partial charge is 0.491 e. The maximum Gasteiger partial charge on any atom is 0.225 e. The van der Waals surface area contributed by atoms with Crippen molar-refractivity contribution in [3.8, 4) is 5.75 Å². The summed E-state index contributed by atoms with van der Waals surface area (Å²) in [7, 11) is 0. The summed E-state index contributed by atoms with van der Waals surface area (Å²) in [5.41, 5.74) is 6.07. The lowest BCUT2D eigenvalue weighted by atomic mass is 10.2. The van der Waals surface area contributed by atoms with Crippen molar-refractivity contribution in [2.24, 2.45) is 5.73 Å². The summed E-state index contributed by atoms with van der Waals surface area (Å²) < 4.78 is 11.1. The van der Waals surface area contributed by atoms with E-state index in [1.807, 2.05) is 24.3 Å². The van der Waals surface area contributed by atoms with E-state index in [1.54, 1.807) is 0 Å². The maximum atomic E-state index is 11.4. The predicted octanol–water partition coefficient (Wildman–Crippen LogP) is 1.53. The van der Waals surface area contributed by atoms with Crippen molar-refractivity contribution in [1.29, 1.82) is 0 Å². The van der Waals surface area contributed by atoms with Crippen molar-refractivity contribution in [2.45, 2.75) is 25.4 Å². The third-order valence-electron chi connectivity index (χ3n) is 2.97. The van der Waals surface area contributed by atoms with Crippen LogP contribution in [0.4, 0.5) is 5.69 Å². The summed E-state index contributed by atoms with van der Waals surface area (Å²) in [5.74, 6) is 0.711. The second-order valence-electron chi connectivity index (χ2n) is 4.56. The summed E-state index contributed by atoms with van der Waals surface area (Å²) in [6.45, 7) is 1.77. The SMILES string of the molecule is NCCC(=O)Nc1ccc(OCC2CCCO2)cc1. The first-order valence-electron chi connectivity index (χ1n) is 6.62. The molecule has 1 unspecified atom stereocenters. The summed E-state index contributed by atoms with van der Waals surface area (Å²) in [6, 6.07) is 7.32. The van der Waals surface area contributed by atoms with Crippen LogP contribution in [-0.2, 0) is 9.53 Å². The first kappa shape index (κ1) is 13.8. The standard InChI is InChI=1S/C14H20N2O3/c15-8-7-14(17)16-11-3-5-12(6-4-11)19-10-13-2-1-9-18-13/h3-6,13H,1-2,7-10,15H2,(H,16,17). The number of nitrogens with one attached hydrogen (secondary N) is 1. The van der Waals surface area contributed by atoms with E-state index in [0.29, 0.717) is 19.6 Å². The molecule has 19 heavy (non-hydrogen) atoms. The first-order valence-corrected chi connectivity index (χ1v) is 6.62. The molecule has 5 nitrogen and oxygen atoms in total. The molecule has 0 radical (unpaired) electrons. The molecule has 104 valence electrons. The molecule has 5 heteroatoms. The minimum atomic E-state index is -0.0736. The minimum absolute atomic E-state index is 0.0736.